The van der Waals surface area contributed by atoms with Gasteiger partial charge in [0.15, 0.2) is 5.82 Å². The molecule has 0 saturated heterocycles. The second kappa shape index (κ2) is 10.8. The van der Waals surface area contributed by atoms with Crippen LogP contribution in [0.3, 0.4) is 0 Å². The molecule has 210 valence electrons. The van der Waals surface area contributed by atoms with Crippen LogP contribution in [-0.2, 0) is 26.0 Å². The molecule has 2 aromatic carbocycles. The number of hydrogen-bond acceptors (Lipinski definition) is 7. The van der Waals surface area contributed by atoms with Gasteiger partial charge in [-0.1, -0.05) is 43.7 Å². The molecule has 4 rings (SSSR count). The fraction of sp³-hybridized carbons (Fsp3) is 0.280. The van der Waals surface area contributed by atoms with Gasteiger partial charge < -0.3 is 14.3 Å². The molecule has 0 aliphatic carbocycles. The molecule has 0 atom stereocenters. The quantitative estimate of drug-likeness (QED) is 0.142. The summed E-state index contributed by atoms with van der Waals surface area (Å²) in [6.07, 6.45) is 7.66. The topological polar surface area (TPSA) is 99.1 Å². The molecule has 0 aliphatic rings. The summed E-state index contributed by atoms with van der Waals surface area (Å²) in [6.45, 7) is 0.437. The Balaban J connectivity index is 1.20. The van der Waals surface area contributed by atoms with Crippen LogP contribution in [0.2, 0.25) is 0 Å². The highest BCUT2D eigenvalue weighted by atomic mass is 32.5. The summed E-state index contributed by atoms with van der Waals surface area (Å²) >= 11 is 0. The highest BCUT2D eigenvalue weighted by Gasteiger charge is 2.65. The Labute approximate surface area is 220 Å². The molecular weight excluding hydrogens is 545 g/mol. The molecule has 4 aromatic rings. The molecule has 0 bridgehead atoms. The van der Waals surface area contributed by atoms with Gasteiger partial charge in [-0.3, -0.25) is 0 Å². The maximum Gasteiger partial charge on any atom is 0.310 e. The summed E-state index contributed by atoms with van der Waals surface area (Å²) in [5.74, 6) is 1.49. The van der Waals surface area contributed by atoms with Gasteiger partial charge >= 0.3 is 10.2 Å². The van der Waals surface area contributed by atoms with Gasteiger partial charge in [0.05, 0.1) is 13.2 Å². The smallest absolute Gasteiger partial charge is 0.310 e. The van der Waals surface area contributed by atoms with E-state index in [9.17, 15) is 19.4 Å². The molecule has 0 amide bonds. The van der Waals surface area contributed by atoms with E-state index in [1.54, 1.807) is 0 Å². The van der Waals surface area contributed by atoms with Gasteiger partial charge in [0.25, 0.3) is 0 Å². The minimum Gasteiger partial charge on any atom is -0.487 e. The first-order chi connectivity index (χ1) is 18.4. The lowest BCUT2D eigenvalue weighted by atomic mass is 10.1. The molecule has 1 N–H and O–H groups in total. The van der Waals surface area contributed by atoms with Crippen molar-refractivity contribution in [2.45, 2.75) is 43.7 Å². The third-order valence-electron chi connectivity index (χ3n) is 5.53. The largest absolute Gasteiger partial charge is 0.487 e. The number of unbranched alkanes of at least 4 members (excludes halogenated alkanes) is 1. The minimum absolute atomic E-state index is 0.0310. The number of benzene rings is 2. The average molecular weight is 572 g/mol. The lowest BCUT2D eigenvalue weighted by Crippen LogP contribution is -2.06. The van der Waals surface area contributed by atoms with Crippen LogP contribution in [0.4, 0.5) is 19.4 Å². The average Bonchev–Trinajstić information content (AvgIpc) is 3.53. The number of ether oxygens (including phenoxy) is 1. The monoisotopic (exact) mass is 571 g/mol. The Hall–Kier alpha value is -3.78. The van der Waals surface area contributed by atoms with Crippen LogP contribution in [0.25, 0.3) is 12.2 Å². The van der Waals surface area contributed by atoms with Gasteiger partial charge in [-0.15, -0.1) is 10.2 Å². The molecular formula is C25H26F5N5O3S. The summed E-state index contributed by atoms with van der Waals surface area (Å²) in [4.78, 5) is 3.66. The van der Waals surface area contributed by atoms with Gasteiger partial charge in [-0.25, -0.2) is 4.98 Å². The van der Waals surface area contributed by atoms with Crippen LogP contribution in [-0.4, -0.2) is 36.9 Å². The van der Waals surface area contributed by atoms with Crippen LogP contribution < -0.4 is 4.74 Å². The zero-order chi connectivity index (χ0) is 28.0. The molecule has 39 heavy (non-hydrogen) atoms. The molecule has 0 radical (unpaired) electrons. The molecule has 2 aromatic heterocycles. The number of aromatic nitrogens is 5. The van der Waals surface area contributed by atoms with E-state index in [-0.39, 0.29) is 24.7 Å². The Bertz CT molecular complexity index is 1410. The number of hydrogen-bond donors (Lipinski definition) is 1. The summed E-state index contributed by atoms with van der Waals surface area (Å²) < 4.78 is 75.1. The maximum absolute atomic E-state index is 12.8. The Kier molecular flexibility index (Phi) is 7.80. The van der Waals surface area contributed by atoms with Crippen molar-refractivity contribution in [3.63, 3.8) is 0 Å². The van der Waals surface area contributed by atoms with Gasteiger partial charge in [0, 0.05) is 12.5 Å². The standard InChI is InChI=1S/C25H26F5N5O3S/c26-39(27,28,29,30)23-12-7-20(8-13-23)9-14-25-31-21(18-38-25)17-37-22-10-5-19(6-11-22)3-1-2-4-24-32-34-35(33-24)15-16-36/h5-14,18,36H,1-4,15-17H2. The normalized spacial score (nSPS) is 13.9. The maximum atomic E-state index is 12.8. The van der Waals surface area contributed by atoms with Crippen LogP contribution in [0.15, 0.2) is 64.1 Å². The van der Waals surface area contributed by atoms with E-state index in [1.807, 2.05) is 24.3 Å². The van der Waals surface area contributed by atoms with Crippen molar-refractivity contribution in [3.8, 4) is 5.75 Å². The molecule has 8 nitrogen and oxygen atoms in total. The fourth-order valence-electron chi connectivity index (χ4n) is 3.55. The van der Waals surface area contributed by atoms with Crippen molar-refractivity contribution in [1.29, 1.82) is 0 Å². The van der Waals surface area contributed by atoms with Gasteiger partial charge in [0.2, 0.25) is 5.89 Å². The predicted octanol–water partition coefficient (Wildman–Crippen LogP) is 6.63. The zero-order valence-electron chi connectivity index (χ0n) is 20.6. The first-order valence-corrected chi connectivity index (χ1v) is 13.9. The SMILES string of the molecule is OCCn1nnc(CCCCc2ccc(OCc3coc(C=Cc4ccc(S(F)(F)(F)(F)F)cc4)n3)cc2)n1. The number of aliphatic hydroxyl groups is 1. The van der Waals surface area contributed by atoms with Gasteiger partial charge in [0.1, 0.15) is 29.2 Å². The number of nitrogens with zero attached hydrogens (tertiary/aromatic N) is 5. The summed E-state index contributed by atoms with van der Waals surface area (Å²) in [5, 5.41) is 20.9. The molecule has 0 spiro atoms. The summed E-state index contributed by atoms with van der Waals surface area (Å²) in [6, 6.07) is 10.3. The number of halogens is 5. The van der Waals surface area contributed by atoms with Crippen LogP contribution in [0.1, 0.15) is 41.4 Å². The Morgan fingerprint density at radius 3 is 2.33 bits per heavy atom. The van der Waals surface area contributed by atoms with E-state index < -0.39 is 15.1 Å². The first-order valence-electron chi connectivity index (χ1n) is 11.9. The number of oxazole rings is 1. The third kappa shape index (κ3) is 8.61. The van der Waals surface area contributed by atoms with Gasteiger partial charge in [-0.05, 0) is 65.9 Å². The Morgan fingerprint density at radius 1 is 0.923 bits per heavy atom. The van der Waals surface area contributed by atoms with E-state index >= 15 is 0 Å². The predicted molar refractivity (Wildman–Crippen MR) is 136 cm³/mol. The highest BCUT2D eigenvalue weighted by Crippen LogP contribution is 3.02. The van der Waals surface area contributed by atoms with Crippen molar-refractivity contribution in [2.24, 2.45) is 0 Å². The summed E-state index contributed by atoms with van der Waals surface area (Å²) in [5.41, 5.74) is 1.93. The van der Waals surface area contributed by atoms with Crippen LogP contribution in [0.5, 0.6) is 5.75 Å². The number of tetrazole rings is 1. The fourth-order valence-corrected chi connectivity index (χ4v) is 4.20. The van der Waals surface area contributed by atoms with Crippen molar-refractivity contribution in [1.82, 2.24) is 25.2 Å². The van der Waals surface area contributed by atoms with Crippen LogP contribution in [0, 0.1) is 0 Å². The molecule has 0 unspecified atom stereocenters. The molecule has 2 heterocycles. The summed E-state index contributed by atoms with van der Waals surface area (Å²) in [7, 11) is -9.69. The van der Waals surface area contributed by atoms with E-state index in [0.717, 1.165) is 37.0 Å². The molecule has 0 saturated carbocycles. The van der Waals surface area contributed by atoms with E-state index in [2.05, 4.69) is 20.4 Å². The van der Waals surface area contributed by atoms with E-state index in [1.165, 1.54) is 23.2 Å². The second-order valence-corrected chi connectivity index (χ2v) is 11.1. The van der Waals surface area contributed by atoms with Crippen molar-refractivity contribution in [2.75, 3.05) is 6.61 Å². The molecule has 14 heteroatoms. The van der Waals surface area contributed by atoms with E-state index in [4.69, 9.17) is 14.3 Å². The number of aliphatic hydroxyl groups excluding tert-OH is 1. The first kappa shape index (κ1) is 28.2. The van der Waals surface area contributed by atoms with E-state index in [0.29, 0.717) is 42.4 Å². The van der Waals surface area contributed by atoms with Crippen molar-refractivity contribution >= 4 is 22.4 Å². The van der Waals surface area contributed by atoms with Crippen molar-refractivity contribution < 1.29 is 33.7 Å². The Morgan fingerprint density at radius 2 is 1.64 bits per heavy atom. The number of rotatable bonds is 13. The molecule has 0 aliphatic heterocycles. The van der Waals surface area contributed by atoms with Crippen molar-refractivity contribution in [3.05, 3.63) is 83.3 Å². The highest BCUT2D eigenvalue weighted by molar-refractivity contribution is 8.45. The minimum atomic E-state index is -9.69. The third-order valence-corrected chi connectivity index (χ3v) is 6.70. The lowest BCUT2D eigenvalue weighted by molar-refractivity contribution is 0.259. The lowest BCUT2D eigenvalue weighted by Gasteiger charge is -2.40. The zero-order valence-corrected chi connectivity index (χ0v) is 21.4. The molecule has 0 fully saturated rings. The van der Waals surface area contributed by atoms with Crippen LogP contribution >= 0.6 is 10.2 Å². The van der Waals surface area contributed by atoms with Gasteiger partial charge in [-0.2, -0.15) is 4.80 Å². The second-order valence-electron chi connectivity index (χ2n) is 8.71. The number of aryl methyl sites for hydroxylation is 2.